The molecule has 0 aromatic heterocycles. The summed E-state index contributed by atoms with van der Waals surface area (Å²) in [4.78, 5) is 43.2. The summed E-state index contributed by atoms with van der Waals surface area (Å²) in [5.41, 5.74) is -1.84. The number of benzene rings is 6. The Morgan fingerprint density at radius 1 is 0.753 bits per heavy atom. The van der Waals surface area contributed by atoms with Crippen molar-refractivity contribution in [1.82, 2.24) is 9.62 Å². The lowest BCUT2D eigenvalue weighted by Gasteiger charge is -2.36. The number of alkyl halides is 3. The molecule has 81 heavy (non-hydrogen) atoms. The monoisotopic (exact) mass is 1190 g/mol. The van der Waals surface area contributed by atoms with Gasteiger partial charge in [0, 0.05) is 82.6 Å². The van der Waals surface area contributed by atoms with Crippen LogP contribution in [0.25, 0.3) is 11.1 Å². The van der Waals surface area contributed by atoms with E-state index in [4.69, 9.17) is 11.6 Å². The van der Waals surface area contributed by atoms with Gasteiger partial charge in [0.15, 0.2) is 0 Å². The normalized spacial score (nSPS) is 15.5. The van der Waals surface area contributed by atoms with Gasteiger partial charge in [-0.3, -0.25) is 14.4 Å². The lowest BCUT2D eigenvalue weighted by molar-refractivity contribution is -0.142. The lowest BCUT2D eigenvalue weighted by Crippen LogP contribution is -2.36. The van der Waals surface area contributed by atoms with Crippen LogP contribution in [0.15, 0.2) is 154 Å². The topological polar surface area (TPSA) is 226 Å². The molecule has 0 radical (unpaired) electrons. The number of sulfonamides is 1. The standard InChI is InChI=1S/C58H62ClF3N6O10S3/c1-66(33-34-69)28-27-45(37-79-48-5-3-2-4-6-48)63-52-22-20-49(36-53(52)80(75,76)58(60,61)62)81(77,78)65-56(72)40-9-16-46(17-10-40)67-29-23-39(24-30-67)54(70)51-35-42(11-21-50(51)38-7-12-43(59)13-8-38)55(71)64-44-14-18-47(19-15-44)68-31-25-41(26-32-68)57(73)74/h2-22,35-36,39,41,45,54,63,69-70H,23-34,37H2,1H3,(H,64,71)(H,65,72)(H,73,74)/t45-,54?/m1/s1. The Balaban J connectivity index is 0.923. The Bertz CT molecular complexity index is 3390. The Kier molecular flexibility index (Phi) is 19.8. The fraction of sp³-hybridized carbons (Fsp3) is 0.328. The molecular formula is C58H62ClF3N6O10S3. The summed E-state index contributed by atoms with van der Waals surface area (Å²) in [7, 11) is -9.34. The van der Waals surface area contributed by atoms with Gasteiger partial charge in [0.2, 0.25) is 0 Å². The third-order valence-corrected chi connectivity index (χ3v) is 18.9. The summed E-state index contributed by atoms with van der Waals surface area (Å²) in [5, 5.41) is 37.3. The van der Waals surface area contributed by atoms with E-state index in [1.165, 1.54) is 23.9 Å². The fourth-order valence-electron chi connectivity index (χ4n) is 9.90. The first kappa shape index (κ1) is 60.4. The summed E-state index contributed by atoms with van der Waals surface area (Å²) in [6.07, 6.45) is 1.47. The second kappa shape index (κ2) is 26.5. The minimum absolute atomic E-state index is 0.107. The van der Waals surface area contributed by atoms with E-state index in [0.717, 1.165) is 33.8 Å². The zero-order valence-electron chi connectivity index (χ0n) is 44.1. The Hall–Kier alpha value is -6.66. The number of thioether (sulfide) groups is 1. The number of carboxylic acid groups (broad SMARTS) is 1. The molecule has 2 heterocycles. The van der Waals surface area contributed by atoms with Crippen molar-refractivity contribution in [2.45, 2.75) is 64.4 Å². The van der Waals surface area contributed by atoms with Crippen LogP contribution in [-0.4, -0.2) is 125 Å². The molecule has 6 aromatic carbocycles. The molecule has 0 saturated carbocycles. The van der Waals surface area contributed by atoms with Crippen LogP contribution in [0.3, 0.4) is 0 Å². The molecule has 2 fully saturated rings. The van der Waals surface area contributed by atoms with E-state index in [1.54, 1.807) is 66.5 Å². The number of aliphatic hydroxyl groups is 2. The lowest BCUT2D eigenvalue weighted by atomic mass is 9.83. The fourth-order valence-corrected chi connectivity index (χ4v) is 13.0. The van der Waals surface area contributed by atoms with E-state index in [0.29, 0.717) is 105 Å². The van der Waals surface area contributed by atoms with Gasteiger partial charge in [-0.05, 0) is 171 Å². The smallest absolute Gasteiger partial charge is 0.481 e. The minimum atomic E-state index is -6.14. The number of anilines is 4. The number of rotatable bonds is 22. The summed E-state index contributed by atoms with van der Waals surface area (Å²) >= 11 is 7.61. The number of hydrogen-bond donors (Lipinski definition) is 6. The average molecular weight is 1190 g/mol. The van der Waals surface area contributed by atoms with E-state index >= 15 is 0 Å². The van der Waals surface area contributed by atoms with E-state index in [2.05, 4.69) is 15.5 Å². The van der Waals surface area contributed by atoms with Crippen molar-refractivity contribution in [1.29, 1.82) is 0 Å². The maximum Gasteiger partial charge on any atom is 0.501 e. The quantitative estimate of drug-likeness (QED) is 0.0348. The molecule has 2 atom stereocenters. The van der Waals surface area contributed by atoms with Crippen molar-refractivity contribution in [3.05, 3.63) is 161 Å². The summed E-state index contributed by atoms with van der Waals surface area (Å²) in [6.45, 7) is 2.75. The van der Waals surface area contributed by atoms with Gasteiger partial charge >= 0.3 is 11.5 Å². The first-order valence-corrected chi connectivity index (χ1v) is 30.5. The van der Waals surface area contributed by atoms with Crippen LogP contribution in [0.1, 0.15) is 64.5 Å². The molecule has 6 aromatic rings. The molecule has 0 spiro atoms. The number of hydrogen-bond acceptors (Lipinski definition) is 14. The molecule has 0 aliphatic carbocycles. The number of nitrogens with zero attached hydrogens (tertiary/aromatic N) is 3. The van der Waals surface area contributed by atoms with Crippen molar-refractivity contribution >= 4 is 83.8 Å². The molecule has 2 aliphatic rings. The van der Waals surface area contributed by atoms with Crippen LogP contribution in [0.2, 0.25) is 5.02 Å². The van der Waals surface area contributed by atoms with Crippen molar-refractivity contribution in [2.75, 3.05) is 79.1 Å². The Morgan fingerprint density at radius 3 is 1.96 bits per heavy atom. The van der Waals surface area contributed by atoms with Crippen molar-refractivity contribution in [2.24, 2.45) is 11.8 Å². The number of aliphatic hydroxyl groups excluding tert-OH is 2. The number of carboxylic acids is 1. The Morgan fingerprint density at radius 2 is 1.36 bits per heavy atom. The highest BCUT2D eigenvalue weighted by Gasteiger charge is 2.48. The van der Waals surface area contributed by atoms with Crippen LogP contribution >= 0.6 is 23.4 Å². The number of amides is 2. The highest BCUT2D eigenvalue weighted by molar-refractivity contribution is 7.99. The second-order valence-corrected chi connectivity index (χ2v) is 25.2. The molecule has 1 unspecified atom stereocenters. The van der Waals surface area contributed by atoms with Crippen LogP contribution in [0.5, 0.6) is 0 Å². The number of sulfone groups is 1. The van der Waals surface area contributed by atoms with Gasteiger partial charge in [-0.15, -0.1) is 11.8 Å². The Labute approximate surface area is 478 Å². The van der Waals surface area contributed by atoms with Crippen LogP contribution in [-0.2, 0) is 24.7 Å². The molecular weight excluding hydrogens is 1130 g/mol. The number of likely N-dealkylation sites (N-methyl/N-ethyl adjacent to an activating group) is 1. The third-order valence-electron chi connectivity index (χ3n) is 14.6. The largest absolute Gasteiger partial charge is 0.501 e. The summed E-state index contributed by atoms with van der Waals surface area (Å²) in [5.74, 6) is -2.60. The van der Waals surface area contributed by atoms with Gasteiger partial charge in [0.25, 0.3) is 31.7 Å². The van der Waals surface area contributed by atoms with E-state index in [1.807, 2.05) is 64.2 Å². The van der Waals surface area contributed by atoms with Gasteiger partial charge < -0.3 is 40.7 Å². The van der Waals surface area contributed by atoms with Crippen LogP contribution in [0, 0.1) is 11.8 Å². The third kappa shape index (κ3) is 15.3. The minimum Gasteiger partial charge on any atom is -0.481 e. The highest BCUT2D eigenvalue weighted by Crippen LogP contribution is 2.40. The number of halogens is 4. The molecule has 6 N–H and O–H groups in total. The molecule has 8 rings (SSSR count). The number of carbonyl (C=O) groups excluding carboxylic acids is 2. The number of piperidine rings is 2. The molecule has 2 saturated heterocycles. The van der Waals surface area contributed by atoms with Crippen LogP contribution in [0.4, 0.5) is 35.9 Å². The molecule has 2 aliphatic heterocycles. The van der Waals surface area contributed by atoms with Gasteiger partial charge in [0.1, 0.15) is 4.90 Å². The van der Waals surface area contributed by atoms with Gasteiger partial charge in [-0.2, -0.15) is 13.2 Å². The first-order chi connectivity index (χ1) is 38.6. The van der Waals surface area contributed by atoms with Crippen molar-refractivity contribution in [3.63, 3.8) is 0 Å². The average Bonchev–Trinajstić information content (AvgIpc) is 3.51. The molecule has 2 amide bonds. The van der Waals surface area contributed by atoms with Gasteiger partial charge in [0.05, 0.1) is 29.2 Å². The SMILES string of the molecule is CN(CCO)CC[C@H](CSc1ccccc1)Nc1ccc(S(=O)(=O)NC(=O)c2ccc(N3CCC(C(O)c4cc(C(=O)Nc5ccc(N6CCC(C(=O)O)CC6)cc5)ccc4-c4ccc(Cl)cc4)CC3)cc2)cc1S(=O)(=O)C(F)(F)F. The van der Waals surface area contributed by atoms with Crippen LogP contribution < -0.4 is 25.2 Å². The van der Waals surface area contributed by atoms with Gasteiger partial charge in [-0.1, -0.05) is 48.0 Å². The van der Waals surface area contributed by atoms with E-state index < -0.39 is 64.9 Å². The molecule has 16 nitrogen and oxygen atoms in total. The maximum atomic E-state index is 14.2. The van der Waals surface area contributed by atoms with Crippen molar-refractivity contribution in [3.8, 4) is 11.1 Å². The summed E-state index contributed by atoms with van der Waals surface area (Å²) in [6, 6.07) is 36.5. The molecule has 430 valence electrons. The van der Waals surface area contributed by atoms with Crippen molar-refractivity contribution < 1.29 is 59.7 Å². The zero-order valence-corrected chi connectivity index (χ0v) is 47.3. The number of nitrogens with one attached hydrogen (secondary N) is 3. The second-order valence-electron chi connectivity index (χ2n) is 20.0. The van der Waals surface area contributed by atoms with E-state index in [9.17, 15) is 59.7 Å². The maximum absolute atomic E-state index is 14.2. The van der Waals surface area contributed by atoms with Gasteiger partial charge in [-0.25, -0.2) is 21.6 Å². The first-order valence-electron chi connectivity index (χ1n) is 26.2. The number of aliphatic carboxylic acids is 1. The highest BCUT2D eigenvalue weighted by atomic mass is 35.5. The predicted molar refractivity (Wildman–Crippen MR) is 308 cm³/mol. The summed E-state index contributed by atoms with van der Waals surface area (Å²) < 4.78 is 98.0. The molecule has 23 heteroatoms. The predicted octanol–water partition coefficient (Wildman–Crippen LogP) is 9.81. The van der Waals surface area contributed by atoms with E-state index in [-0.39, 0.29) is 35.7 Å². The molecule has 0 bridgehead atoms. The number of carbonyl (C=O) groups is 3. The zero-order chi connectivity index (χ0) is 58.1.